The van der Waals surface area contributed by atoms with Gasteiger partial charge in [-0.2, -0.15) is 0 Å². The van der Waals surface area contributed by atoms with E-state index in [1.54, 1.807) is 35.7 Å². The summed E-state index contributed by atoms with van der Waals surface area (Å²) >= 11 is 13.3. The summed E-state index contributed by atoms with van der Waals surface area (Å²) in [5.74, 6) is -3.76. The Morgan fingerprint density at radius 2 is 1.79 bits per heavy atom. The minimum absolute atomic E-state index is 0.126. The Labute approximate surface area is 174 Å². The van der Waals surface area contributed by atoms with Gasteiger partial charge < -0.3 is 16.2 Å². The topological polar surface area (TPSA) is 109 Å². The van der Waals surface area contributed by atoms with Gasteiger partial charge in [0.2, 0.25) is 5.91 Å². The number of carbonyl (C=O) groups excluding carboxylic acids is 2. The number of hydrogen-bond acceptors (Lipinski definition) is 4. The molecule has 1 aliphatic rings. The lowest BCUT2D eigenvalue weighted by Crippen LogP contribution is -2.35. The normalized spacial score (nSPS) is 18.6. The van der Waals surface area contributed by atoms with Crippen molar-refractivity contribution in [3.8, 4) is 11.1 Å². The highest BCUT2D eigenvalue weighted by Gasteiger charge is 2.34. The number of thiophene rings is 1. The quantitative estimate of drug-likeness (QED) is 0.599. The fourth-order valence-corrected chi connectivity index (χ4v) is 4.66. The predicted molar refractivity (Wildman–Crippen MR) is 110 cm³/mol. The third-order valence-corrected chi connectivity index (χ3v) is 6.03. The molecule has 1 heterocycles. The summed E-state index contributed by atoms with van der Waals surface area (Å²) in [6, 6.07) is 4.84. The molecule has 0 saturated heterocycles. The second-order valence-electron chi connectivity index (χ2n) is 6.33. The molecule has 2 aromatic rings. The molecule has 0 unspecified atom stereocenters. The van der Waals surface area contributed by atoms with Gasteiger partial charge in [-0.1, -0.05) is 41.4 Å². The highest BCUT2D eigenvalue weighted by atomic mass is 35.5. The molecule has 1 aromatic heterocycles. The Morgan fingerprint density at radius 1 is 1.11 bits per heavy atom. The molecule has 0 spiro atoms. The van der Waals surface area contributed by atoms with E-state index in [0.29, 0.717) is 27.6 Å². The van der Waals surface area contributed by atoms with Crippen LogP contribution in [-0.4, -0.2) is 22.9 Å². The second-order valence-corrected chi connectivity index (χ2v) is 8.05. The largest absolute Gasteiger partial charge is 0.481 e. The molecule has 6 nitrogen and oxygen atoms in total. The van der Waals surface area contributed by atoms with Gasteiger partial charge in [0.05, 0.1) is 17.4 Å². The number of hydrogen-bond donors (Lipinski definition) is 3. The third kappa shape index (κ3) is 4.06. The number of amides is 2. The maximum atomic E-state index is 12.7. The number of nitrogens with one attached hydrogen (secondary N) is 1. The van der Waals surface area contributed by atoms with E-state index in [-0.39, 0.29) is 17.0 Å². The van der Waals surface area contributed by atoms with Crippen molar-refractivity contribution in [3.05, 3.63) is 51.3 Å². The van der Waals surface area contributed by atoms with Crippen molar-refractivity contribution in [2.75, 3.05) is 5.32 Å². The number of primary amides is 1. The summed E-state index contributed by atoms with van der Waals surface area (Å²) in [6.07, 6.45) is 4.14. The van der Waals surface area contributed by atoms with Crippen molar-refractivity contribution in [1.29, 1.82) is 0 Å². The first-order valence-corrected chi connectivity index (χ1v) is 9.98. The van der Waals surface area contributed by atoms with Crippen molar-refractivity contribution in [2.24, 2.45) is 17.6 Å². The first-order valence-electron chi connectivity index (χ1n) is 8.35. The molecule has 4 N–H and O–H groups in total. The Kier molecular flexibility index (Phi) is 6.07. The number of carboxylic acids is 1. The molecule has 146 valence electrons. The summed E-state index contributed by atoms with van der Waals surface area (Å²) < 4.78 is 0. The first kappa shape index (κ1) is 20.4. The highest BCUT2D eigenvalue weighted by Crippen LogP contribution is 2.40. The smallest absolute Gasteiger partial charge is 0.307 e. The van der Waals surface area contributed by atoms with Gasteiger partial charge in [0, 0.05) is 26.6 Å². The average molecular weight is 439 g/mol. The van der Waals surface area contributed by atoms with Crippen LogP contribution in [0.25, 0.3) is 11.1 Å². The zero-order valence-electron chi connectivity index (χ0n) is 14.4. The standard InChI is InChI=1S/C19H16Cl2N2O4S/c20-9-5-6-10(14(21)7-9)13-8-28-18(15(13)16(22)24)23-17(25)11-3-1-2-4-12(11)19(26)27/h1-2,5-8,11-12H,3-4H2,(H2,22,24)(H,23,25)(H,26,27)/t11-,12+/m1/s1. The van der Waals surface area contributed by atoms with Crippen LogP contribution >= 0.6 is 34.5 Å². The highest BCUT2D eigenvalue weighted by molar-refractivity contribution is 7.15. The number of nitrogens with two attached hydrogens (primary N) is 1. The fourth-order valence-electron chi connectivity index (χ4n) is 3.18. The van der Waals surface area contributed by atoms with Crippen LogP contribution in [0.1, 0.15) is 23.2 Å². The minimum atomic E-state index is -1.03. The van der Waals surface area contributed by atoms with Crippen LogP contribution in [0.2, 0.25) is 10.0 Å². The Hall–Kier alpha value is -2.35. The van der Waals surface area contributed by atoms with Crippen molar-refractivity contribution in [3.63, 3.8) is 0 Å². The number of aliphatic carboxylic acids is 1. The molecule has 0 radical (unpaired) electrons. The van der Waals surface area contributed by atoms with Gasteiger partial charge in [0.25, 0.3) is 5.91 Å². The fraction of sp³-hybridized carbons (Fsp3) is 0.211. The van der Waals surface area contributed by atoms with E-state index >= 15 is 0 Å². The zero-order chi connectivity index (χ0) is 20.4. The van der Waals surface area contributed by atoms with Crippen molar-refractivity contribution >= 4 is 57.3 Å². The third-order valence-electron chi connectivity index (χ3n) is 4.58. The van der Waals surface area contributed by atoms with Gasteiger partial charge in [0.1, 0.15) is 5.00 Å². The molecule has 28 heavy (non-hydrogen) atoms. The molecule has 0 bridgehead atoms. The number of carbonyl (C=O) groups is 3. The number of anilines is 1. The monoisotopic (exact) mass is 438 g/mol. The van der Waals surface area contributed by atoms with E-state index in [9.17, 15) is 19.5 Å². The van der Waals surface area contributed by atoms with Crippen LogP contribution in [-0.2, 0) is 9.59 Å². The number of allylic oxidation sites excluding steroid dienone is 2. The molecule has 9 heteroatoms. The van der Waals surface area contributed by atoms with E-state index in [1.807, 2.05) is 0 Å². The summed E-state index contributed by atoms with van der Waals surface area (Å²) in [7, 11) is 0. The lowest BCUT2D eigenvalue weighted by atomic mass is 9.82. The maximum Gasteiger partial charge on any atom is 0.307 e. The van der Waals surface area contributed by atoms with E-state index in [4.69, 9.17) is 28.9 Å². The molecule has 2 amide bonds. The Morgan fingerprint density at radius 3 is 2.39 bits per heavy atom. The van der Waals surface area contributed by atoms with E-state index in [0.717, 1.165) is 11.3 Å². The van der Waals surface area contributed by atoms with Gasteiger partial charge in [-0.05, 0) is 25.0 Å². The SMILES string of the molecule is NC(=O)c1c(-c2ccc(Cl)cc2Cl)csc1NC(=O)[C@@H]1CC=CC[C@@H]1C(=O)O. The maximum absolute atomic E-state index is 12.7. The number of carboxylic acid groups (broad SMARTS) is 1. The van der Waals surface area contributed by atoms with Crippen LogP contribution in [0.15, 0.2) is 35.7 Å². The van der Waals surface area contributed by atoms with Gasteiger partial charge in [0.15, 0.2) is 0 Å². The van der Waals surface area contributed by atoms with Gasteiger partial charge in [-0.3, -0.25) is 14.4 Å². The van der Waals surface area contributed by atoms with Crippen molar-refractivity contribution < 1.29 is 19.5 Å². The van der Waals surface area contributed by atoms with E-state index in [2.05, 4.69) is 5.32 Å². The van der Waals surface area contributed by atoms with Crippen molar-refractivity contribution in [2.45, 2.75) is 12.8 Å². The molecule has 0 saturated carbocycles. The van der Waals surface area contributed by atoms with Gasteiger partial charge in [-0.25, -0.2) is 0 Å². The summed E-state index contributed by atoms with van der Waals surface area (Å²) in [5, 5.41) is 14.8. The van der Waals surface area contributed by atoms with Crippen LogP contribution in [0.3, 0.4) is 0 Å². The predicted octanol–water partition coefficient (Wildman–Crippen LogP) is 4.43. The molecule has 1 aliphatic carbocycles. The lowest BCUT2D eigenvalue weighted by Gasteiger charge is -2.24. The molecule has 0 aliphatic heterocycles. The summed E-state index contributed by atoms with van der Waals surface area (Å²) in [5.41, 5.74) is 6.71. The van der Waals surface area contributed by atoms with E-state index < -0.39 is 29.6 Å². The molecular formula is C19H16Cl2N2O4S. The molecule has 1 aromatic carbocycles. The number of rotatable bonds is 5. The Bertz CT molecular complexity index is 986. The first-order chi connectivity index (χ1) is 13.3. The van der Waals surface area contributed by atoms with Crippen LogP contribution in [0, 0.1) is 11.8 Å². The second kappa shape index (κ2) is 8.34. The summed E-state index contributed by atoms with van der Waals surface area (Å²) in [4.78, 5) is 36.2. The molecule has 2 atom stereocenters. The van der Waals surface area contributed by atoms with Crippen molar-refractivity contribution in [1.82, 2.24) is 0 Å². The summed E-state index contributed by atoms with van der Waals surface area (Å²) in [6.45, 7) is 0. The Balaban J connectivity index is 1.94. The number of halogens is 2. The zero-order valence-corrected chi connectivity index (χ0v) is 16.8. The molecule has 3 rings (SSSR count). The molecule has 0 fully saturated rings. The van der Waals surface area contributed by atoms with Gasteiger partial charge in [-0.15, -0.1) is 11.3 Å². The molecular weight excluding hydrogens is 423 g/mol. The van der Waals surface area contributed by atoms with E-state index in [1.165, 1.54) is 0 Å². The van der Waals surface area contributed by atoms with Crippen LogP contribution in [0.4, 0.5) is 5.00 Å². The van der Waals surface area contributed by atoms with Crippen LogP contribution < -0.4 is 11.1 Å². The average Bonchev–Trinajstić information content (AvgIpc) is 3.05. The lowest BCUT2D eigenvalue weighted by molar-refractivity contribution is -0.146. The van der Waals surface area contributed by atoms with Crippen LogP contribution in [0.5, 0.6) is 0 Å². The minimum Gasteiger partial charge on any atom is -0.481 e. The number of benzene rings is 1. The van der Waals surface area contributed by atoms with Gasteiger partial charge >= 0.3 is 5.97 Å².